The molecule has 1 heterocycles. The van der Waals surface area contributed by atoms with Gasteiger partial charge in [-0.05, 0) is 12.8 Å². The SMILES string of the molecule is NCCN(c1ncc[nH]c1=O)C1CCCCC1. The molecule has 1 aliphatic carbocycles. The van der Waals surface area contributed by atoms with Gasteiger partial charge < -0.3 is 15.6 Å². The number of nitrogens with zero attached hydrogens (tertiary/aromatic N) is 2. The number of aromatic amines is 1. The predicted molar refractivity (Wildman–Crippen MR) is 68.1 cm³/mol. The molecule has 5 nitrogen and oxygen atoms in total. The number of hydrogen-bond acceptors (Lipinski definition) is 4. The van der Waals surface area contributed by atoms with Crippen molar-refractivity contribution in [3.63, 3.8) is 0 Å². The zero-order valence-electron chi connectivity index (χ0n) is 10.1. The number of nitrogens with one attached hydrogen (secondary N) is 1. The topological polar surface area (TPSA) is 75.0 Å². The molecule has 1 aromatic rings. The first-order valence-electron chi connectivity index (χ1n) is 6.33. The first-order valence-corrected chi connectivity index (χ1v) is 6.33. The van der Waals surface area contributed by atoms with Crippen molar-refractivity contribution in [1.82, 2.24) is 9.97 Å². The molecule has 0 radical (unpaired) electrons. The van der Waals surface area contributed by atoms with Gasteiger partial charge in [0.05, 0.1) is 0 Å². The van der Waals surface area contributed by atoms with E-state index in [-0.39, 0.29) is 5.56 Å². The van der Waals surface area contributed by atoms with Crippen molar-refractivity contribution >= 4 is 5.82 Å². The van der Waals surface area contributed by atoms with Crippen molar-refractivity contribution in [3.8, 4) is 0 Å². The van der Waals surface area contributed by atoms with Crippen molar-refractivity contribution < 1.29 is 0 Å². The van der Waals surface area contributed by atoms with Gasteiger partial charge in [0.25, 0.3) is 5.56 Å². The Bertz CT molecular complexity index is 397. The third-order valence-corrected chi connectivity index (χ3v) is 3.35. The molecule has 0 spiro atoms. The van der Waals surface area contributed by atoms with Crippen LogP contribution in [0.1, 0.15) is 32.1 Å². The molecule has 2 rings (SSSR count). The predicted octanol–water partition coefficient (Wildman–Crippen LogP) is 0.868. The molecule has 0 bridgehead atoms. The van der Waals surface area contributed by atoms with Gasteiger partial charge in [-0.15, -0.1) is 0 Å². The molecule has 1 aliphatic rings. The molecule has 0 unspecified atom stereocenters. The Balaban J connectivity index is 2.21. The highest BCUT2D eigenvalue weighted by Crippen LogP contribution is 2.24. The van der Waals surface area contributed by atoms with E-state index < -0.39 is 0 Å². The lowest BCUT2D eigenvalue weighted by Gasteiger charge is -2.34. The Kier molecular flexibility index (Phi) is 4.14. The second kappa shape index (κ2) is 5.82. The van der Waals surface area contributed by atoms with Crippen LogP contribution in [-0.2, 0) is 0 Å². The average Bonchev–Trinajstić information content (AvgIpc) is 2.38. The molecule has 1 saturated carbocycles. The fourth-order valence-electron chi connectivity index (χ4n) is 2.54. The number of rotatable bonds is 4. The molecule has 0 amide bonds. The van der Waals surface area contributed by atoms with E-state index in [9.17, 15) is 4.79 Å². The smallest absolute Gasteiger partial charge is 0.290 e. The highest BCUT2D eigenvalue weighted by atomic mass is 16.1. The molecular formula is C12H20N4O. The van der Waals surface area contributed by atoms with Crippen LogP contribution in [0.4, 0.5) is 5.82 Å². The zero-order valence-corrected chi connectivity index (χ0v) is 10.1. The van der Waals surface area contributed by atoms with Gasteiger partial charge >= 0.3 is 0 Å². The first-order chi connectivity index (χ1) is 8.33. The fourth-order valence-corrected chi connectivity index (χ4v) is 2.54. The van der Waals surface area contributed by atoms with E-state index >= 15 is 0 Å². The van der Waals surface area contributed by atoms with Crippen LogP contribution in [0.15, 0.2) is 17.2 Å². The molecule has 0 aromatic carbocycles. The van der Waals surface area contributed by atoms with Crippen molar-refractivity contribution in [2.45, 2.75) is 38.1 Å². The maximum absolute atomic E-state index is 11.8. The lowest BCUT2D eigenvalue weighted by atomic mass is 9.94. The van der Waals surface area contributed by atoms with E-state index in [1.807, 2.05) is 0 Å². The second-order valence-electron chi connectivity index (χ2n) is 4.52. The molecule has 17 heavy (non-hydrogen) atoms. The van der Waals surface area contributed by atoms with Crippen LogP contribution in [0.25, 0.3) is 0 Å². The average molecular weight is 236 g/mol. The Morgan fingerprint density at radius 3 is 2.82 bits per heavy atom. The van der Waals surface area contributed by atoms with Gasteiger partial charge in [0.2, 0.25) is 0 Å². The lowest BCUT2D eigenvalue weighted by Crippen LogP contribution is -2.43. The third-order valence-electron chi connectivity index (χ3n) is 3.35. The summed E-state index contributed by atoms with van der Waals surface area (Å²) in [6, 6.07) is 0.420. The highest BCUT2D eigenvalue weighted by Gasteiger charge is 2.23. The number of hydrogen-bond donors (Lipinski definition) is 2. The van der Waals surface area contributed by atoms with Crippen LogP contribution in [-0.4, -0.2) is 29.1 Å². The maximum atomic E-state index is 11.8. The van der Waals surface area contributed by atoms with Crippen LogP contribution < -0.4 is 16.2 Å². The van der Waals surface area contributed by atoms with Gasteiger partial charge in [0.15, 0.2) is 5.82 Å². The van der Waals surface area contributed by atoms with Gasteiger partial charge in [0.1, 0.15) is 0 Å². The molecular weight excluding hydrogens is 216 g/mol. The van der Waals surface area contributed by atoms with E-state index in [2.05, 4.69) is 14.9 Å². The molecule has 1 aromatic heterocycles. The van der Waals surface area contributed by atoms with Gasteiger partial charge in [-0.2, -0.15) is 0 Å². The Labute approximate surface area is 101 Å². The van der Waals surface area contributed by atoms with Crippen LogP contribution >= 0.6 is 0 Å². The van der Waals surface area contributed by atoms with E-state index in [0.29, 0.717) is 24.9 Å². The van der Waals surface area contributed by atoms with Crippen molar-refractivity contribution in [2.75, 3.05) is 18.0 Å². The fraction of sp³-hybridized carbons (Fsp3) is 0.667. The summed E-state index contributed by atoms with van der Waals surface area (Å²) in [5.74, 6) is 0.518. The molecule has 0 aliphatic heterocycles. The van der Waals surface area contributed by atoms with E-state index in [1.54, 1.807) is 12.4 Å². The summed E-state index contributed by atoms with van der Waals surface area (Å²) < 4.78 is 0. The standard InChI is InChI=1S/C12H20N4O/c13-6-9-16(10-4-2-1-3-5-10)11-12(17)15-8-7-14-11/h7-8,10H,1-6,9,13H2,(H,15,17). The molecule has 5 heteroatoms. The molecule has 0 saturated heterocycles. The quantitative estimate of drug-likeness (QED) is 0.813. The van der Waals surface area contributed by atoms with Gasteiger partial charge in [0, 0.05) is 31.5 Å². The third kappa shape index (κ3) is 2.85. The second-order valence-corrected chi connectivity index (χ2v) is 4.52. The van der Waals surface area contributed by atoms with Crippen molar-refractivity contribution in [1.29, 1.82) is 0 Å². The largest absolute Gasteiger partial charge is 0.348 e. The molecule has 0 atom stereocenters. The molecule has 94 valence electrons. The van der Waals surface area contributed by atoms with E-state index in [0.717, 1.165) is 12.8 Å². The normalized spacial score (nSPS) is 17.0. The maximum Gasteiger partial charge on any atom is 0.290 e. The Morgan fingerprint density at radius 1 is 1.41 bits per heavy atom. The van der Waals surface area contributed by atoms with E-state index in [1.165, 1.54) is 19.3 Å². The molecule has 1 fully saturated rings. The van der Waals surface area contributed by atoms with Crippen molar-refractivity contribution in [3.05, 3.63) is 22.7 Å². The Hall–Kier alpha value is -1.36. The van der Waals surface area contributed by atoms with Gasteiger partial charge in [-0.1, -0.05) is 19.3 Å². The van der Waals surface area contributed by atoms with Gasteiger partial charge in [-0.25, -0.2) is 4.98 Å². The minimum Gasteiger partial charge on any atom is -0.348 e. The highest BCUT2D eigenvalue weighted by molar-refractivity contribution is 5.37. The van der Waals surface area contributed by atoms with Crippen LogP contribution in [0, 0.1) is 0 Å². The van der Waals surface area contributed by atoms with Crippen LogP contribution in [0.2, 0.25) is 0 Å². The van der Waals surface area contributed by atoms with E-state index in [4.69, 9.17) is 5.73 Å². The van der Waals surface area contributed by atoms with Crippen LogP contribution in [0.3, 0.4) is 0 Å². The summed E-state index contributed by atoms with van der Waals surface area (Å²) in [4.78, 5) is 20.7. The lowest BCUT2D eigenvalue weighted by molar-refractivity contribution is 0.413. The summed E-state index contributed by atoms with van der Waals surface area (Å²) in [5, 5.41) is 0. The first kappa shape index (κ1) is 12.1. The monoisotopic (exact) mass is 236 g/mol. The summed E-state index contributed by atoms with van der Waals surface area (Å²) in [6.45, 7) is 1.25. The Morgan fingerprint density at radius 2 is 2.18 bits per heavy atom. The minimum absolute atomic E-state index is 0.119. The van der Waals surface area contributed by atoms with Crippen molar-refractivity contribution in [2.24, 2.45) is 5.73 Å². The van der Waals surface area contributed by atoms with Crippen LogP contribution in [0.5, 0.6) is 0 Å². The summed E-state index contributed by atoms with van der Waals surface area (Å²) in [5.41, 5.74) is 5.52. The number of aromatic nitrogens is 2. The number of nitrogens with two attached hydrogens (primary N) is 1. The van der Waals surface area contributed by atoms with Gasteiger partial charge in [-0.3, -0.25) is 4.79 Å². The zero-order chi connectivity index (χ0) is 12.1. The summed E-state index contributed by atoms with van der Waals surface area (Å²) >= 11 is 0. The minimum atomic E-state index is -0.119. The molecule has 3 N–H and O–H groups in total. The number of H-pyrrole nitrogens is 1. The summed E-state index contributed by atoms with van der Waals surface area (Å²) in [6.07, 6.45) is 9.22. The number of anilines is 1. The summed E-state index contributed by atoms with van der Waals surface area (Å²) in [7, 11) is 0.